The van der Waals surface area contributed by atoms with E-state index in [1.165, 1.54) is 12.8 Å². The Hall–Kier alpha value is -1.73. The first-order chi connectivity index (χ1) is 8.71. The van der Waals surface area contributed by atoms with Crippen molar-refractivity contribution >= 4 is 5.69 Å². The molecule has 0 aromatic heterocycles. The van der Waals surface area contributed by atoms with E-state index in [0.717, 1.165) is 11.4 Å². The Balaban J connectivity index is 2.32. The van der Waals surface area contributed by atoms with Crippen molar-refractivity contribution in [2.24, 2.45) is 11.7 Å². The van der Waals surface area contributed by atoms with E-state index in [1.807, 2.05) is 19.2 Å². The van der Waals surface area contributed by atoms with E-state index in [4.69, 9.17) is 10.5 Å². The topological polar surface area (TPSA) is 62.3 Å². The molecule has 0 saturated heterocycles. The Morgan fingerprint density at radius 1 is 1.56 bits per heavy atom. The van der Waals surface area contributed by atoms with Gasteiger partial charge in [0.1, 0.15) is 11.8 Å². The second kappa shape index (κ2) is 5.28. The molecule has 1 aromatic rings. The van der Waals surface area contributed by atoms with Crippen LogP contribution in [0.4, 0.5) is 5.69 Å². The zero-order chi connectivity index (χ0) is 13.1. The molecule has 0 amide bonds. The number of rotatable bonds is 5. The number of benzene rings is 1. The molecule has 0 bridgehead atoms. The molecule has 0 aliphatic heterocycles. The fourth-order valence-electron chi connectivity index (χ4n) is 2.35. The van der Waals surface area contributed by atoms with E-state index in [9.17, 15) is 5.26 Å². The van der Waals surface area contributed by atoms with E-state index >= 15 is 0 Å². The van der Waals surface area contributed by atoms with Gasteiger partial charge in [-0.15, -0.1) is 0 Å². The molecule has 18 heavy (non-hydrogen) atoms. The second-order valence-corrected chi connectivity index (χ2v) is 4.75. The molecule has 1 aliphatic rings. The smallest absolute Gasteiger partial charge is 0.121 e. The first-order valence-electron chi connectivity index (χ1n) is 6.22. The van der Waals surface area contributed by atoms with Crippen LogP contribution in [0.1, 0.15) is 18.4 Å². The number of nitrogens with two attached hydrogens (primary N) is 1. The summed E-state index contributed by atoms with van der Waals surface area (Å²) in [6, 6.07) is 8.05. The zero-order valence-electron chi connectivity index (χ0n) is 10.9. The molecule has 1 unspecified atom stereocenters. The number of hydrogen-bond donors (Lipinski definition) is 1. The highest BCUT2D eigenvalue weighted by atomic mass is 16.5. The summed E-state index contributed by atoms with van der Waals surface area (Å²) in [6.07, 6.45) is 2.47. The van der Waals surface area contributed by atoms with E-state index in [-0.39, 0.29) is 0 Å². The van der Waals surface area contributed by atoms with Crippen LogP contribution in [0.3, 0.4) is 0 Å². The third kappa shape index (κ3) is 2.41. The van der Waals surface area contributed by atoms with Crippen LogP contribution in [-0.4, -0.2) is 26.7 Å². The van der Waals surface area contributed by atoms with Gasteiger partial charge in [0.15, 0.2) is 0 Å². The van der Waals surface area contributed by atoms with Crippen molar-refractivity contribution in [2.45, 2.75) is 18.9 Å². The minimum Gasteiger partial charge on any atom is -0.497 e. The minimum absolute atomic E-state index is 0.309. The predicted octanol–water partition coefficient (Wildman–Crippen LogP) is 1.74. The molecule has 96 valence electrons. The van der Waals surface area contributed by atoms with E-state index in [2.05, 4.69) is 11.0 Å². The van der Waals surface area contributed by atoms with Crippen molar-refractivity contribution in [3.05, 3.63) is 23.8 Å². The molecule has 0 spiro atoms. The summed E-state index contributed by atoms with van der Waals surface area (Å²) in [5.74, 6) is 1.43. The monoisotopic (exact) mass is 245 g/mol. The number of ether oxygens (including phenoxy) is 1. The molecule has 1 saturated carbocycles. The van der Waals surface area contributed by atoms with Crippen LogP contribution in [0.25, 0.3) is 0 Å². The fourth-order valence-corrected chi connectivity index (χ4v) is 2.35. The van der Waals surface area contributed by atoms with Crippen molar-refractivity contribution in [3.8, 4) is 11.8 Å². The number of anilines is 1. The van der Waals surface area contributed by atoms with Gasteiger partial charge in [0, 0.05) is 25.7 Å². The summed E-state index contributed by atoms with van der Waals surface area (Å²) < 4.78 is 5.23. The lowest BCUT2D eigenvalue weighted by Gasteiger charge is -2.30. The maximum Gasteiger partial charge on any atom is 0.121 e. The van der Waals surface area contributed by atoms with E-state index < -0.39 is 0 Å². The van der Waals surface area contributed by atoms with Crippen LogP contribution < -0.4 is 15.4 Å². The largest absolute Gasteiger partial charge is 0.497 e. The first kappa shape index (κ1) is 12.7. The standard InChI is InChI=1S/C14H19N3O/c1-17(14(9-16)10-3-4-10)13-7-12(18-2)6-5-11(13)8-15/h5-7,10,14H,3-4,9,16H2,1-2H3. The quantitative estimate of drug-likeness (QED) is 0.858. The Morgan fingerprint density at radius 3 is 2.78 bits per heavy atom. The van der Waals surface area contributed by atoms with Crippen molar-refractivity contribution in [2.75, 3.05) is 25.6 Å². The van der Waals surface area contributed by atoms with Gasteiger partial charge in [-0.3, -0.25) is 0 Å². The average molecular weight is 245 g/mol. The van der Waals surface area contributed by atoms with E-state index in [0.29, 0.717) is 24.1 Å². The molecular weight excluding hydrogens is 226 g/mol. The van der Waals surface area contributed by atoms with Gasteiger partial charge in [-0.05, 0) is 30.9 Å². The van der Waals surface area contributed by atoms with Gasteiger partial charge in [-0.2, -0.15) is 5.26 Å². The van der Waals surface area contributed by atoms with Gasteiger partial charge in [0.05, 0.1) is 18.4 Å². The van der Waals surface area contributed by atoms with Crippen molar-refractivity contribution in [3.63, 3.8) is 0 Å². The molecule has 1 fully saturated rings. The zero-order valence-corrected chi connectivity index (χ0v) is 10.9. The summed E-state index contributed by atoms with van der Waals surface area (Å²) in [6.45, 7) is 0.614. The third-order valence-corrected chi connectivity index (χ3v) is 3.61. The highest BCUT2D eigenvalue weighted by Gasteiger charge is 2.33. The van der Waals surface area contributed by atoms with Crippen LogP contribution in [0.5, 0.6) is 5.75 Å². The maximum absolute atomic E-state index is 9.19. The van der Waals surface area contributed by atoms with Crippen LogP contribution in [0.2, 0.25) is 0 Å². The van der Waals surface area contributed by atoms with E-state index in [1.54, 1.807) is 13.2 Å². The SMILES string of the molecule is COc1ccc(C#N)c(N(C)C(CN)C2CC2)c1. The van der Waals surface area contributed by atoms with Crippen molar-refractivity contribution in [1.29, 1.82) is 5.26 Å². The number of hydrogen-bond acceptors (Lipinski definition) is 4. The molecule has 1 atom stereocenters. The maximum atomic E-state index is 9.19. The van der Waals surface area contributed by atoms with Crippen LogP contribution in [-0.2, 0) is 0 Å². The van der Waals surface area contributed by atoms with Crippen LogP contribution in [0, 0.1) is 17.2 Å². The Kier molecular flexibility index (Phi) is 3.73. The van der Waals surface area contributed by atoms with Crippen molar-refractivity contribution < 1.29 is 4.74 Å². The molecule has 0 heterocycles. The fraction of sp³-hybridized carbons (Fsp3) is 0.500. The summed E-state index contributed by atoms with van der Waals surface area (Å²) >= 11 is 0. The van der Waals surface area contributed by atoms with Gasteiger partial charge < -0.3 is 15.4 Å². The molecule has 1 aromatic carbocycles. The summed E-state index contributed by atoms with van der Waals surface area (Å²) in [5, 5.41) is 9.19. The average Bonchev–Trinajstić information content (AvgIpc) is 3.23. The second-order valence-electron chi connectivity index (χ2n) is 4.75. The molecule has 0 radical (unpaired) electrons. The van der Waals surface area contributed by atoms with Crippen LogP contribution >= 0.6 is 0 Å². The highest BCUT2D eigenvalue weighted by Crippen LogP contribution is 2.37. The number of methoxy groups -OCH3 is 1. The number of nitrogens with zero attached hydrogens (tertiary/aromatic N) is 2. The van der Waals surface area contributed by atoms with Crippen LogP contribution in [0.15, 0.2) is 18.2 Å². The normalized spacial score (nSPS) is 15.9. The Labute approximate surface area is 108 Å². The summed E-state index contributed by atoms with van der Waals surface area (Å²) in [5.41, 5.74) is 7.42. The molecule has 4 nitrogen and oxygen atoms in total. The Bertz CT molecular complexity index is 463. The Morgan fingerprint density at radius 2 is 2.28 bits per heavy atom. The summed E-state index contributed by atoms with van der Waals surface area (Å²) in [7, 11) is 3.64. The molecule has 4 heteroatoms. The number of likely N-dealkylation sites (N-methyl/N-ethyl adjacent to an activating group) is 1. The molecule has 2 rings (SSSR count). The lowest BCUT2D eigenvalue weighted by Crippen LogP contribution is -2.40. The van der Waals surface area contributed by atoms with Gasteiger partial charge in [-0.1, -0.05) is 0 Å². The predicted molar refractivity (Wildman–Crippen MR) is 71.7 cm³/mol. The lowest BCUT2D eigenvalue weighted by atomic mass is 10.1. The molecule has 1 aliphatic carbocycles. The number of nitriles is 1. The van der Waals surface area contributed by atoms with Gasteiger partial charge in [0.2, 0.25) is 0 Å². The summed E-state index contributed by atoms with van der Waals surface area (Å²) in [4.78, 5) is 2.12. The third-order valence-electron chi connectivity index (χ3n) is 3.61. The first-order valence-corrected chi connectivity index (χ1v) is 6.22. The highest BCUT2D eigenvalue weighted by molar-refractivity contribution is 5.62. The van der Waals surface area contributed by atoms with Gasteiger partial charge in [-0.25, -0.2) is 0 Å². The van der Waals surface area contributed by atoms with Crippen molar-refractivity contribution in [1.82, 2.24) is 0 Å². The molecule has 2 N–H and O–H groups in total. The minimum atomic E-state index is 0.309. The lowest BCUT2D eigenvalue weighted by molar-refractivity contribution is 0.414. The van der Waals surface area contributed by atoms with Gasteiger partial charge in [0.25, 0.3) is 0 Å². The molecular formula is C14H19N3O. The van der Waals surface area contributed by atoms with Gasteiger partial charge >= 0.3 is 0 Å².